The van der Waals surface area contributed by atoms with E-state index in [1.54, 1.807) is 0 Å². The Balaban J connectivity index is 1.15. The first-order valence-corrected chi connectivity index (χ1v) is 21.9. The van der Waals surface area contributed by atoms with Crippen LogP contribution in [0.1, 0.15) is 43.0 Å². The number of para-hydroxylation sites is 3. The number of hydrogen-bond donors (Lipinski definition) is 0. The van der Waals surface area contributed by atoms with Gasteiger partial charge in [0.15, 0.2) is 0 Å². The third kappa shape index (κ3) is 6.41. The maximum Gasteiger partial charge on any atom is 0.138 e. The number of nitrogens with zero attached hydrogens (tertiary/aromatic N) is 4. The Labute approximate surface area is 370 Å². The number of anilines is 3. The molecule has 0 bridgehead atoms. The fraction of sp³-hybridized carbons (Fsp3) is 0.102. The molecule has 0 radical (unpaired) electrons. The molecule has 0 atom stereocenters. The average Bonchev–Trinajstić information content (AvgIpc) is 3.90. The van der Waals surface area contributed by atoms with Gasteiger partial charge in [0, 0.05) is 28.2 Å². The molecule has 3 heterocycles. The molecule has 0 saturated carbocycles. The molecule has 1 aliphatic heterocycles. The van der Waals surface area contributed by atoms with Crippen LogP contribution >= 0.6 is 0 Å². The van der Waals surface area contributed by atoms with Crippen LogP contribution in [0.4, 0.5) is 17.1 Å². The van der Waals surface area contributed by atoms with Gasteiger partial charge in [-0.2, -0.15) is 0 Å². The van der Waals surface area contributed by atoms with Gasteiger partial charge in [0.1, 0.15) is 5.82 Å². The van der Waals surface area contributed by atoms with Crippen LogP contribution in [0.15, 0.2) is 225 Å². The standard InChI is InChI=1S/C59H48N4/c1-58(2,3)62-41-61(54-32-17-18-33-55(54)62)48-27-19-26-46(39-48)59(44-22-9-5-10-23-44,45-24-11-6-12-25-45)47-34-35-52-51-30-15-16-31-53(51)63(56(52)40-47)57-38-43(36-37-60-57)50-29-14-13-28-49(50)42-20-7-4-8-21-42/h4-40H,41H2,1-3H3. The lowest BCUT2D eigenvalue weighted by molar-refractivity contribution is 0.518. The van der Waals surface area contributed by atoms with Crippen molar-refractivity contribution < 1.29 is 0 Å². The van der Waals surface area contributed by atoms with Gasteiger partial charge in [0.2, 0.25) is 0 Å². The lowest BCUT2D eigenvalue weighted by atomic mass is 9.65. The number of pyridine rings is 1. The van der Waals surface area contributed by atoms with Crippen molar-refractivity contribution in [3.8, 4) is 28.1 Å². The molecule has 0 unspecified atom stereocenters. The van der Waals surface area contributed by atoms with Crippen molar-refractivity contribution in [1.82, 2.24) is 9.55 Å². The Bertz CT molecular complexity index is 3210. The zero-order valence-electron chi connectivity index (χ0n) is 35.9. The molecule has 11 rings (SSSR count). The molecular formula is C59H48N4. The lowest BCUT2D eigenvalue weighted by Crippen LogP contribution is -2.42. The van der Waals surface area contributed by atoms with Gasteiger partial charge < -0.3 is 9.80 Å². The lowest BCUT2D eigenvalue weighted by Gasteiger charge is -2.38. The molecule has 304 valence electrons. The van der Waals surface area contributed by atoms with E-state index in [0.29, 0.717) is 0 Å². The van der Waals surface area contributed by atoms with Crippen LogP contribution in [-0.2, 0) is 5.41 Å². The van der Waals surface area contributed by atoms with E-state index >= 15 is 0 Å². The number of rotatable bonds is 8. The van der Waals surface area contributed by atoms with Gasteiger partial charge in [0.05, 0.1) is 34.5 Å². The summed E-state index contributed by atoms with van der Waals surface area (Å²) in [6.45, 7) is 7.66. The predicted octanol–water partition coefficient (Wildman–Crippen LogP) is 14.6. The summed E-state index contributed by atoms with van der Waals surface area (Å²) in [4.78, 5) is 10.1. The minimum absolute atomic E-state index is 0.0478. The maximum atomic E-state index is 5.13. The summed E-state index contributed by atoms with van der Waals surface area (Å²) in [6.07, 6.45) is 1.96. The van der Waals surface area contributed by atoms with Gasteiger partial charge in [-0.3, -0.25) is 4.57 Å². The second-order valence-electron chi connectivity index (χ2n) is 17.6. The Kier molecular flexibility index (Phi) is 9.31. The summed E-state index contributed by atoms with van der Waals surface area (Å²) in [7, 11) is 0. The normalized spacial score (nSPS) is 12.9. The molecule has 4 heteroatoms. The van der Waals surface area contributed by atoms with Crippen molar-refractivity contribution >= 4 is 38.9 Å². The van der Waals surface area contributed by atoms with E-state index in [1.807, 2.05) is 6.20 Å². The summed E-state index contributed by atoms with van der Waals surface area (Å²) in [5.41, 5.74) is 14.6. The molecule has 2 aromatic heterocycles. The summed E-state index contributed by atoms with van der Waals surface area (Å²) in [5.74, 6) is 0.877. The fourth-order valence-corrected chi connectivity index (χ4v) is 10.1. The van der Waals surface area contributed by atoms with Crippen molar-refractivity contribution in [2.45, 2.75) is 31.7 Å². The summed E-state index contributed by atoms with van der Waals surface area (Å²) < 4.78 is 2.36. The minimum atomic E-state index is -0.680. The fourth-order valence-electron chi connectivity index (χ4n) is 10.1. The van der Waals surface area contributed by atoms with E-state index in [-0.39, 0.29) is 5.54 Å². The van der Waals surface area contributed by atoms with Crippen LogP contribution in [0, 0.1) is 0 Å². The maximum absolute atomic E-state index is 5.13. The average molecular weight is 813 g/mol. The number of hydrogen-bond acceptors (Lipinski definition) is 3. The molecule has 0 aliphatic carbocycles. The first-order chi connectivity index (χ1) is 30.9. The topological polar surface area (TPSA) is 24.3 Å². The molecule has 0 spiro atoms. The van der Waals surface area contributed by atoms with Crippen LogP contribution in [0.25, 0.3) is 49.9 Å². The third-order valence-electron chi connectivity index (χ3n) is 13.0. The Morgan fingerprint density at radius 1 is 0.429 bits per heavy atom. The molecule has 4 nitrogen and oxygen atoms in total. The molecular weight excluding hydrogens is 765 g/mol. The quantitative estimate of drug-likeness (QED) is 0.143. The summed E-state index contributed by atoms with van der Waals surface area (Å²) in [5, 5.41) is 2.38. The highest BCUT2D eigenvalue weighted by Gasteiger charge is 2.40. The van der Waals surface area contributed by atoms with Crippen LogP contribution in [0.3, 0.4) is 0 Å². The van der Waals surface area contributed by atoms with Crippen molar-refractivity contribution in [1.29, 1.82) is 0 Å². The highest BCUT2D eigenvalue weighted by atomic mass is 15.4. The van der Waals surface area contributed by atoms with Gasteiger partial charge in [0.25, 0.3) is 0 Å². The van der Waals surface area contributed by atoms with Gasteiger partial charge in [-0.1, -0.05) is 170 Å². The first kappa shape index (κ1) is 38.2. The smallest absolute Gasteiger partial charge is 0.138 e. The van der Waals surface area contributed by atoms with E-state index in [4.69, 9.17) is 4.98 Å². The molecule has 1 aliphatic rings. The van der Waals surface area contributed by atoms with E-state index in [1.165, 1.54) is 61.1 Å². The molecule has 10 aromatic rings. The molecule has 0 N–H and O–H groups in total. The van der Waals surface area contributed by atoms with Crippen LogP contribution in [0.2, 0.25) is 0 Å². The van der Waals surface area contributed by atoms with E-state index < -0.39 is 5.41 Å². The highest BCUT2D eigenvalue weighted by molar-refractivity contribution is 6.09. The molecule has 0 saturated heterocycles. The predicted molar refractivity (Wildman–Crippen MR) is 263 cm³/mol. The molecule has 8 aromatic carbocycles. The van der Waals surface area contributed by atoms with Crippen molar-refractivity contribution in [2.75, 3.05) is 16.5 Å². The second kappa shape index (κ2) is 15.3. The van der Waals surface area contributed by atoms with Crippen molar-refractivity contribution in [3.05, 3.63) is 247 Å². The largest absolute Gasteiger partial charge is 0.347 e. The monoisotopic (exact) mass is 812 g/mol. The zero-order valence-corrected chi connectivity index (χ0v) is 35.9. The van der Waals surface area contributed by atoms with Crippen LogP contribution < -0.4 is 9.80 Å². The van der Waals surface area contributed by atoms with Gasteiger partial charge in [-0.05, 0) is 114 Å². The van der Waals surface area contributed by atoms with Gasteiger partial charge >= 0.3 is 0 Å². The van der Waals surface area contributed by atoms with Crippen LogP contribution in [-0.4, -0.2) is 21.8 Å². The Morgan fingerprint density at radius 3 is 1.71 bits per heavy atom. The zero-order chi connectivity index (χ0) is 42.5. The number of benzene rings is 8. The van der Waals surface area contributed by atoms with Crippen LogP contribution in [0.5, 0.6) is 0 Å². The summed E-state index contributed by atoms with van der Waals surface area (Å²) in [6, 6.07) is 79.7. The van der Waals surface area contributed by atoms with Gasteiger partial charge in [-0.15, -0.1) is 0 Å². The molecule has 63 heavy (non-hydrogen) atoms. The van der Waals surface area contributed by atoms with Crippen molar-refractivity contribution in [2.24, 2.45) is 0 Å². The van der Waals surface area contributed by atoms with Gasteiger partial charge in [-0.25, -0.2) is 4.98 Å². The van der Waals surface area contributed by atoms with Crippen molar-refractivity contribution in [3.63, 3.8) is 0 Å². The molecule has 0 amide bonds. The van der Waals surface area contributed by atoms with E-state index in [2.05, 4.69) is 254 Å². The Morgan fingerprint density at radius 2 is 1.00 bits per heavy atom. The minimum Gasteiger partial charge on any atom is -0.347 e. The van der Waals surface area contributed by atoms with E-state index in [0.717, 1.165) is 34.8 Å². The highest BCUT2D eigenvalue weighted by Crippen LogP contribution is 2.49. The third-order valence-corrected chi connectivity index (χ3v) is 13.0. The number of fused-ring (bicyclic) bond motifs is 4. The first-order valence-electron chi connectivity index (χ1n) is 21.9. The summed E-state index contributed by atoms with van der Waals surface area (Å²) >= 11 is 0. The van der Waals surface area contributed by atoms with E-state index in [9.17, 15) is 0 Å². The second-order valence-corrected chi connectivity index (χ2v) is 17.6. The number of aromatic nitrogens is 2. The Hall–Kier alpha value is -7.69. The molecule has 0 fully saturated rings. The SMILES string of the molecule is CC(C)(C)N1CN(c2cccc(C(c3ccccc3)(c3ccccc3)c3ccc4c5ccccc5n(-c5cc(-c6ccccc6-c6ccccc6)ccn5)c4c3)c2)c2ccccc21.